The van der Waals surface area contributed by atoms with E-state index in [9.17, 15) is 4.79 Å². The third kappa shape index (κ3) is 4.97. The van der Waals surface area contributed by atoms with E-state index in [1.807, 2.05) is 18.2 Å². The van der Waals surface area contributed by atoms with Crippen LogP contribution in [0.3, 0.4) is 0 Å². The molecular formula is C17H26N2O. The van der Waals surface area contributed by atoms with Gasteiger partial charge in [-0.05, 0) is 30.7 Å². The van der Waals surface area contributed by atoms with Crippen LogP contribution in [0.25, 0.3) is 0 Å². The fourth-order valence-electron chi connectivity index (χ4n) is 2.93. The number of carbonyl (C=O) groups excluding carboxylic acids is 1. The molecule has 1 fully saturated rings. The summed E-state index contributed by atoms with van der Waals surface area (Å²) in [5.41, 5.74) is 7.18. The third-order valence-electron chi connectivity index (χ3n) is 4.25. The van der Waals surface area contributed by atoms with E-state index < -0.39 is 6.04 Å². The molecule has 1 aliphatic rings. The van der Waals surface area contributed by atoms with Crippen LogP contribution in [0.15, 0.2) is 30.3 Å². The van der Waals surface area contributed by atoms with Crippen LogP contribution in [0.2, 0.25) is 0 Å². The van der Waals surface area contributed by atoms with Crippen molar-refractivity contribution in [1.82, 2.24) is 5.32 Å². The van der Waals surface area contributed by atoms with Gasteiger partial charge in [0.15, 0.2) is 0 Å². The molecule has 0 heterocycles. The molecule has 0 radical (unpaired) electrons. The van der Waals surface area contributed by atoms with Gasteiger partial charge in [0.2, 0.25) is 5.91 Å². The highest BCUT2D eigenvalue weighted by Gasteiger charge is 2.16. The Hall–Kier alpha value is -1.35. The zero-order chi connectivity index (χ0) is 14.2. The van der Waals surface area contributed by atoms with Crippen LogP contribution in [0, 0.1) is 5.92 Å². The minimum absolute atomic E-state index is 0.000993. The van der Waals surface area contributed by atoms with Gasteiger partial charge in [-0.3, -0.25) is 4.79 Å². The molecule has 0 bridgehead atoms. The summed E-state index contributed by atoms with van der Waals surface area (Å²) in [7, 11) is 0. The number of amides is 1. The van der Waals surface area contributed by atoms with Crippen LogP contribution in [-0.2, 0) is 11.2 Å². The normalized spacial score (nSPS) is 17.1. The number of carbonyl (C=O) groups is 1. The van der Waals surface area contributed by atoms with Crippen molar-refractivity contribution in [3.05, 3.63) is 35.9 Å². The van der Waals surface area contributed by atoms with Crippen LogP contribution in [0.4, 0.5) is 0 Å². The van der Waals surface area contributed by atoms with E-state index in [4.69, 9.17) is 5.73 Å². The summed E-state index contributed by atoms with van der Waals surface area (Å²) in [6, 6.07) is 9.79. The average molecular weight is 274 g/mol. The fraction of sp³-hybridized carbons (Fsp3) is 0.588. The summed E-state index contributed by atoms with van der Waals surface area (Å²) < 4.78 is 0. The summed E-state index contributed by atoms with van der Waals surface area (Å²) in [5, 5.41) is 2.98. The molecule has 0 spiro atoms. The highest BCUT2D eigenvalue weighted by molar-refractivity contribution is 5.81. The van der Waals surface area contributed by atoms with Crippen LogP contribution in [0.5, 0.6) is 0 Å². The first kappa shape index (κ1) is 15.0. The predicted octanol–water partition coefficient (Wildman–Crippen LogP) is 2.64. The van der Waals surface area contributed by atoms with Gasteiger partial charge < -0.3 is 11.1 Å². The molecule has 110 valence electrons. The minimum Gasteiger partial charge on any atom is -0.355 e. The fourth-order valence-corrected chi connectivity index (χ4v) is 2.93. The molecule has 1 aliphatic carbocycles. The maximum absolute atomic E-state index is 11.9. The van der Waals surface area contributed by atoms with Gasteiger partial charge in [0.25, 0.3) is 0 Å². The first-order valence-corrected chi connectivity index (χ1v) is 7.83. The van der Waals surface area contributed by atoms with E-state index in [0.29, 0.717) is 6.42 Å². The summed E-state index contributed by atoms with van der Waals surface area (Å²) in [5.74, 6) is 0.815. The van der Waals surface area contributed by atoms with E-state index in [0.717, 1.165) is 25.3 Å². The Labute approximate surface area is 121 Å². The zero-order valence-electron chi connectivity index (χ0n) is 12.2. The number of rotatable bonds is 7. The number of hydrogen-bond donors (Lipinski definition) is 2. The SMILES string of the molecule is NC(CCc1ccccc1)C(=O)NCCC1CCCC1. The number of hydrogen-bond acceptors (Lipinski definition) is 2. The Kier molecular flexibility index (Phi) is 6.06. The second-order valence-electron chi connectivity index (χ2n) is 5.86. The summed E-state index contributed by atoms with van der Waals surface area (Å²) in [4.78, 5) is 11.9. The van der Waals surface area contributed by atoms with Gasteiger partial charge in [-0.15, -0.1) is 0 Å². The van der Waals surface area contributed by atoms with E-state index >= 15 is 0 Å². The largest absolute Gasteiger partial charge is 0.355 e. The second kappa shape index (κ2) is 8.05. The van der Waals surface area contributed by atoms with E-state index in [-0.39, 0.29) is 5.91 Å². The predicted molar refractivity (Wildman–Crippen MR) is 82.3 cm³/mol. The molecule has 1 amide bonds. The van der Waals surface area contributed by atoms with Crippen LogP contribution < -0.4 is 11.1 Å². The van der Waals surface area contributed by atoms with E-state index in [2.05, 4.69) is 17.4 Å². The lowest BCUT2D eigenvalue weighted by Gasteiger charge is -2.14. The molecule has 3 nitrogen and oxygen atoms in total. The van der Waals surface area contributed by atoms with E-state index in [1.54, 1.807) is 0 Å². The van der Waals surface area contributed by atoms with Crippen molar-refractivity contribution in [1.29, 1.82) is 0 Å². The highest BCUT2D eigenvalue weighted by Crippen LogP contribution is 2.26. The topological polar surface area (TPSA) is 55.1 Å². The van der Waals surface area contributed by atoms with Crippen molar-refractivity contribution in [2.45, 2.75) is 51.0 Å². The van der Waals surface area contributed by atoms with Crippen LogP contribution >= 0.6 is 0 Å². The van der Waals surface area contributed by atoms with Gasteiger partial charge in [0.1, 0.15) is 0 Å². The van der Waals surface area contributed by atoms with Crippen molar-refractivity contribution >= 4 is 5.91 Å². The molecule has 1 aromatic rings. The first-order chi connectivity index (χ1) is 9.75. The summed E-state index contributed by atoms with van der Waals surface area (Å²) in [6.45, 7) is 0.780. The average Bonchev–Trinajstić information content (AvgIpc) is 2.99. The van der Waals surface area contributed by atoms with Gasteiger partial charge in [-0.2, -0.15) is 0 Å². The van der Waals surface area contributed by atoms with Gasteiger partial charge in [0.05, 0.1) is 6.04 Å². The number of benzene rings is 1. The molecule has 3 heteroatoms. The molecule has 1 aromatic carbocycles. The smallest absolute Gasteiger partial charge is 0.236 e. The molecule has 1 unspecified atom stereocenters. The number of aryl methyl sites for hydroxylation is 1. The molecule has 0 aromatic heterocycles. The maximum atomic E-state index is 11.9. The summed E-state index contributed by atoms with van der Waals surface area (Å²) >= 11 is 0. The Bertz CT molecular complexity index is 399. The Balaban J connectivity index is 1.61. The molecule has 0 saturated heterocycles. The molecular weight excluding hydrogens is 248 g/mol. The zero-order valence-corrected chi connectivity index (χ0v) is 12.2. The van der Waals surface area contributed by atoms with Crippen LogP contribution in [-0.4, -0.2) is 18.5 Å². The quantitative estimate of drug-likeness (QED) is 0.803. The van der Waals surface area contributed by atoms with Gasteiger partial charge in [-0.1, -0.05) is 56.0 Å². The number of nitrogens with one attached hydrogen (secondary N) is 1. The van der Waals surface area contributed by atoms with Crippen molar-refractivity contribution in [3.8, 4) is 0 Å². The Morgan fingerprint density at radius 1 is 1.25 bits per heavy atom. The lowest BCUT2D eigenvalue weighted by atomic mass is 10.0. The minimum atomic E-state index is -0.390. The van der Waals surface area contributed by atoms with Gasteiger partial charge in [-0.25, -0.2) is 0 Å². The monoisotopic (exact) mass is 274 g/mol. The third-order valence-corrected chi connectivity index (χ3v) is 4.25. The second-order valence-corrected chi connectivity index (χ2v) is 5.86. The van der Waals surface area contributed by atoms with Crippen LogP contribution in [0.1, 0.15) is 44.1 Å². The lowest BCUT2D eigenvalue weighted by Crippen LogP contribution is -2.41. The van der Waals surface area contributed by atoms with Crippen molar-refractivity contribution < 1.29 is 4.79 Å². The molecule has 0 aliphatic heterocycles. The molecule has 1 saturated carbocycles. The standard InChI is InChI=1S/C17H26N2O/c18-16(11-10-14-6-2-1-3-7-14)17(20)19-13-12-15-8-4-5-9-15/h1-3,6-7,15-16H,4-5,8-13,18H2,(H,19,20). The van der Waals surface area contributed by atoms with Gasteiger partial charge >= 0.3 is 0 Å². The van der Waals surface area contributed by atoms with Crippen molar-refractivity contribution in [2.24, 2.45) is 11.7 Å². The number of nitrogens with two attached hydrogens (primary N) is 1. The first-order valence-electron chi connectivity index (χ1n) is 7.83. The van der Waals surface area contributed by atoms with E-state index in [1.165, 1.54) is 31.2 Å². The molecule has 3 N–H and O–H groups in total. The molecule has 2 rings (SSSR count). The van der Waals surface area contributed by atoms with Gasteiger partial charge in [0, 0.05) is 6.54 Å². The maximum Gasteiger partial charge on any atom is 0.236 e. The molecule has 20 heavy (non-hydrogen) atoms. The highest BCUT2D eigenvalue weighted by atomic mass is 16.2. The van der Waals surface area contributed by atoms with Crippen molar-refractivity contribution in [2.75, 3.05) is 6.54 Å². The lowest BCUT2D eigenvalue weighted by molar-refractivity contribution is -0.122. The Morgan fingerprint density at radius 3 is 2.65 bits per heavy atom. The molecule has 1 atom stereocenters. The Morgan fingerprint density at radius 2 is 1.95 bits per heavy atom. The summed E-state index contributed by atoms with van der Waals surface area (Å²) in [6.07, 6.45) is 8.05. The van der Waals surface area contributed by atoms with Crippen molar-refractivity contribution in [3.63, 3.8) is 0 Å².